The topological polar surface area (TPSA) is 54.0 Å². The zero-order chi connectivity index (χ0) is 58.7. The third kappa shape index (κ3) is 11.6. The molecule has 5 nitrogen and oxygen atoms in total. The van der Waals surface area contributed by atoms with Crippen molar-refractivity contribution in [2.24, 2.45) is 0 Å². The average molecular weight is 1080 g/mol. The van der Waals surface area contributed by atoms with E-state index < -0.39 is 37.5 Å². The highest BCUT2D eigenvalue weighted by molar-refractivity contribution is 7.33. The zero-order valence-electron chi connectivity index (χ0n) is 52.8. The summed E-state index contributed by atoms with van der Waals surface area (Å²) >= 11 is 0. The molecule has 6 heteroatoms. The van der Waals surface area contributed by atoms with Gasteiger partial charge in [-0.2, -0.15) is 0 Å². The van der Waals surface area contributed by atoms with E-state index in [0.717, 1.165) is 77.9 Å². The van der Waals surface area contributed by atoms with Crippen LogP contribution in [0.25, 0.3) is 0 Å². The van der Waals surface area contributed by atoms with Crippen LogP contribution < -0.4 is 0 Å². The molecule has 0 saturated carbocycles. The van der Waals surface area contributed by atoms with Gasteiger partial charge < -0.3 is 9.47 Å². The van der Waals surface area contributed by atoms with Crippen molar-refractivity contribution < 1.29 is 23.1 Å². The fourth-order valence-electron chi connectivity index (χ4n) is 11.2. The van der Waals surface area contributed by atoms with Crippen LogP contribution in [0.5, 0.6) is 0 Å². The highest BCUT2D eigenvalue weighted by Crippen LogP contribution is 2.65. The highest BCUT2D eigenvalue weighted by atomic mass is 31.1. The first-order valence-corrected chi connectivity index (χ1v) is 30.1. The summed E-state index contributed by atoms with van der Waals surface area (Å²) in [5.74, 6) is -1.55. The van der Waals surface area contributed by atoms with Gasteiger partial charge in [-0.1, -0.05) is 309 Å². The van der Waals surface area contributed by atoms with Crippen LogP contribution in [0.1, 0.15) is 244 Å². The molecule has 2 heterocycles. The monoisotopic (exact) mass is 1080 g/mol. The van der Waals surface area contributed by atoms with Gasteiger partial charge in [0.05, 0.1) is 0 Å². The van der Waals surface area contributed by atoms with Gasteiger partial charge in [-0.3, -0.25) is 0 Å². The molecule has 0 aliphatic carbocycles. The van der Waals surface area contributed by atoms with Crippen molar-refractivity contribution in [1.29, 1.82) is 0 Å². The van der Waals surface area contributed by atoms with Crippen LogP contribution in [-0.2, 0) is 83.4 Å². The average Bonchev–Trinajstić information content (AvgIpc) is 3.82. The molecule has 2 atom stereocenters. The molecule has 2 fully saturated rings. The molecule has 2 aliphatic heterocycles. The maximum absolute atomic E-state index is 16.8. The third-order valence-electron chi connectivity index (χ3n) is 16.8. The molecule has 2 aliphatic rings. The van der Waals surface area contributed by atoms with Crippen molar-refractivity contribution in [3.8, 4) is 0 Å². The van der Waals surface area contributed by atoms with Crippen LogP contribution in [0.15, 0.2) is 133 Å². The molecular weight excluding hydrogens is 988 g/mol. The van der Waals surface area contributed by atoms with Crippen molar-refractivity contribution in [2.45, 2.75) is 239 Å². The van der Waals surface area contributed by atoms with Crippen molar-refractivity contribution in [3.05, 3.63) is 211 Å². The Morgan fingerprint density at radius 3 is 0.658 bits per heavy atom. The maximum Gasteiger partial charge on any atom is 0.700 e. The van der Waals surface area contributed by atoms with Gasteiger partial charge in [0.15, 0.2) is 0 Å². The van der Waals surface area contributed by atoms with Gasteiger partial charge in [0.25, 0.3) is 0 Å². The number of hydrogen-bond acceptors (Lipinski definition) is 5. The summed E-state index contributed by atoms with van der Waals surface area (Å²) in [5.41, 5.74) is 8.23. The van der Waals surface area contributed by atoms with Crippen LogP contribution in [0.2, 0.25) is 0 Å². The molecular formula is C73H96O5P+. The Labute approximate surface area is 479 Å². The number of rotatable bonds is 6. The lowest BCUT2D eigenvalue weighted by molar-refractivity contribution is -0.178. The van der Waals surface area contributed by atoms with Crippen molar-refractivity contribution >= 4 is 8.25 Å². The normalized spacial score (nSPS) is 19.3. The van der Waals surface area contributed by atoms with E-state index in [-0.39, 0.29) is 43.3 Å². The molecule has 0 radical (unpaired) electrons. The summed E-state index contributed by atoms with van der Waals surface area (Å²) in [6, 6.07) is 48.5. The van der Waals surface area contributed by atoms with Crippen molar-refractivity contribution in [3.63, 3.8) is 0 Å². The number of ether oxygens (including phenoxy) is 2. The van der Waals surface area contributed by atoms with Gasteiger partial charge >= 0.3 is 8.25 Å². The lowest BCUT2D eigenvalue weighted by atomic mass is 9.67. The molecule has 0 amide bonds. The maximum atomic E-state index is 16.8. The quantitative estimate of drug-likeness (QED) is 0.156. The second kappa shape index (κ2) is 20.0. The SMILES string of the molecule is CC(C)(C)c1cc(C(C)(C)C)cc(C2(c3cc(C(C)(C)C)cc(C(C)(C)C)c3)O[P+](=O)OC(c3cc(C(C)(C)C)cc(C(C)(C)C)c3)(c3cc(C(C)(C)C)cc(C(C)(C)C)c3)[C@H]3OC(c4ccccc4)(c4ccccc4)O[C@@H]32)c1. The molecule has 0 spiro atoms. The predicted molar refractivity (Wildman–Crippen MR) is 330 cm³/mol. The third-order valence-corrected chi connectivity index (χ3v) is 17.7. The Bertz CT molecular complexity index is 2720. The number of hydrogen-bond donors (Lipinski definition) is 0. The lowest BCUT2D eigenvalue weighted by Crippen LogP contribution is -2.54. The van der Waals surface area contributed by atoms with Crippen LogP contribution in [0, 0.1) is 0 Å². The van der Waals surface area contributed by atoms with E-state index in [1.165, 1.54) is 0 Å². The molecule has 0 aromatic heterocycles. The van der Waals surface area contributed by atoms with E-state index in [1.807, 2.05) is 12.1 Å². The largest absolute Gasteiger partial charge is 0.700 e. The Balaban J connectivity index is 1.72. The van der Waals surface area contributed by atoms with Gasteiger partial charge in [0.2, 0.25) is 17.0 Å². The summed E-state index contributed by atoms with van der Waals surface area (Å²) in [5, 5.41) is 0. The first kappa shape index (κ1) is 60.4. The van der Waals surface area contributed by atoms with Crippen molar-refractivity contribution in [2.75, 3.05) is 0 Å². The fraction of sp³-hybridized carbons (Fsp3) is 0.507. The second-order valence-electron chi connectivity index (χ2n) is 31.5. The summed E-state index contributed by atoms with van der Waals surface area (Å²) in [6.07, 6.45) is -2.12. The summed E-state index contributed by atoms with van der Waals surface area (Å²) in [7, 11) is -3.06. The van der Waals surface area contributed by atoms with E-state index in [0.29, 0.717) is 0 Å². The fourth-order valence-corrected chi connectivity index (χ4v) is 12.4. The van der Waals surface area contributed by atoms with Crippen LogP contribution >= 0.6 is 8.25 Å². The number of fused-ring (bicyclic) bond motifs is 1. The molecule has 6 aromatic carbocycles. The minimum atomic E-state index is -3.06. The predicted octanol–water partition coefficient (Wildman–Crippen LogP) is 19.6. The van der Waals surface area contributed by atoms with E-state index in [1.54, 1.807) is 0 Å². The first-order valence-electron chi connectivity index (χ1n) is 29.0. The molecule has 8 rings (SSSR count). The molecule has 0 bridgehead atoms. The molecule has 0 unspecified atom stereocenters. The van der Waals surface area contributed by atoms with E-state index in [2.05, 4.69) is 287 Å². The standard InChI is InChI=1S/C73H96O5P/c1-63(2,3)49-35-50(64(4,5)6)40-57(39-49)71(58-41-51(65(7,8)9)36-52(42-58)66(10,11)12)61-62(76-73(75-61,47-31-27-25-28-32-47)48-33-29-26-30-34-48)72(78-79(74)77-71,59-43-53(67(13,14)15)37-54(44-59)68(16,17)18)60-45-55(69(19,20)21)38-56(46-60)70(22,23)24/h25-46,61-62H,1-24H3/q+1/t61-,62-/m0/s1. The molecule has 2 saturated heterocycles. The second-order valence-corrected chi connectivity index (χ2v) is 32.3. The molecule has 0 N–H and O–H groups in total. The minimum Gasteiger partial charge on any atom is -0.332 e. The van der Waals surface area contributed by atoms with Gasteiger partial charge in [0.1, 0.15) is 12.2 Å². The van der Waals surface area contributed by atoms with Gasteiger partial charge in [0, 0.05) is 15.7 Å². The summed E-state index contributed by atoms with van der Waals surface area (Å²) in [4.78, 5) is 0. The van der Waals surface area contributed by atoms with Gasteiger partial charge in [-0.05, 0) is 110 Å². The van der Waals surface area contributed by atoms with Crippen LogP contribution in [0.3, 0.4) is 0 Å². The Hall–Kier alpha value is -4.74. The van der Waals surface area contributed by atoms with E-state index >= 15 is 4.57 Å². The molecule has 79 heavy (non-hydrogen) atoms. The Morgan fingerprint density at radius 2 is 0.481 bits per heavy atom. The Kier molecular flexibility index (Phi) is 15.3. The summed E-state index contributed by atoms with van der Waals surface area (Å²) < 4.78 is 49.4. The minimum absolute atomic E-state index is 0.300. The van der Waals surface area contributed by atoms with Crippen LogP contribution in [-0.4, -0.2) is 12.2 Å². The number of benzene rings is 6. The smallest absolute Gasteiger partial charge is 0.332 e. The van der Waals surface area contributed by atoms with Crippen molar-refractivity contribution in [1.82, 2.24) is 0 Å². The lowest BCUT2D eigenvalue weighted by Gasteiger charge is -2.41. The molecule has 6 aromatic rings. The van der Waals surface area contributed by atoms with Gasteiger partial charge in [-0.15, -0.1) is 0 Å². The first-order chi connectivity index (χ1) is 36.0. The Morgan fingerprint density at radius 1 is 0.291 bits per heavy atom. The zero-order valence-corrected chi connectivity index (χ0v) is 53.7. The van der Waals surface area contributed by atoms with E-state index in [9.17, 15) is 0 Å². The highest BCUT2D eigenvalue weighted by Gasteiger charge is 2.73. The van der Waals surface area contributed by atoms with Gasteiger partial charge in [-0.25, -0.2) is 0 Å². The van der Waals surface area contributed by atoms with Crippen LogP contribution in [0.4, 0.5) is 0 Å². The van der Waals surface area contributed by atoms with E-state index in [4.69, 9.17) is 18.5 Å². The summed E-state index contributed by atoms with van der Waals surface area (Å²) in [6.45, 7) is 54.4. The molecule has 422 valence electrons.